The number of carbonyl (C=O) groups excluding carboxylic acids is 3. The van der Waals surface area contributed by atoms with E-state index in [9.17, 15) is 19.5 Å². The van der Waals surface area contributed by atoms with Crippen molar-refractivity contribution >= 4 is 29.5 Å². The molecule has 0 unspecified atom stereocenters. The third kappa shape index (κ3) is 3.10. The second-order valence-corrected chi connectivity index (χ2v) is 7.87. The monoisotopic (exact) mass is 392 g/mol. The average Bonchev–Trinajstić information content (AvgIpc) is 3.11. The summed E-state index contributed by atoms with van der Waals surface area (Å²) in [6.45, 7) is 1.92. The van der Waals surface area contributed by atoms with E-state index in [-0.39, 0.29) is 24.2 Å². The highest BCUT2D eigenvalue weighted by Gasteiger charge is 2.67. The molecule has 27 heavy (non-hydrogen) atoms. The molecule has 3 rings (SSSR count). The molecule has 2 aliphatic rings. The lowest BCUT2D eigenvalue weighted by Gasteiger charge is -2.32. The van der Waals surface area contributed by atoms with Crippen LogP contribution in [0.25, 0.3) is 0 Å². The standard InChI is InChI=1S/C19H24N2O5S/c1-4-26-18(25)19(9-10-27-3)14-13(16(23)21(2)17(14)24)15(20-19)11-5-7-12(22)8-6-11/h5-8,13-15,20,22H,4,9-10H2,1-3H3/t13-,14-,15-,19+/m0/s1. The van der Waals surface area contributed by atoms with Crippen molar-refractivity contribution in [3.8, 4) is 5.75 Å². The van der Waals surface area contributed by atoms with E-state index < -0.39 is 29.4 Å². The zero-order valence-corrected chi connectivity index (χ0v) is 16.4. The van der Waals surface area contributed by atoms with Crippen LogP contribution in [0.15, 0.2) is 24.3 Å². The van der Waals surface area contributed by atoms with Gasteiger partial charge in [0.1, 0.15) is 11.3 Å². The number of phenols is 1. The van der Waals surface area contributed by atoms with Crippen LogP contribution in [0.2, 0.25) is 0 Å². The fraction of sp³-hybridized carbons (Fsp3) is 0.526. The average molecular weight is 392 g/mol. The van der Waals surface area contributed by atoms with Crippen LogP contribution >= 0.6 is 11.8 Å². The van der Waals surface area contributed by atoms with Gasteiger partial charge in [0.25, 0.3) is 0 Å². The summed E-state index contributed by atoms with van der Waals surface area (Å²) in [5.74, 6) is -1.88. The van der Waals surface area contributed by atoms with E-state index in [0.717, 1.165) is 10.5 Å². The van der Waals surface area contributed by atoms with E-state index >= 15 is 0 Å². The predicted octanol–water partition coefficient (Wildman–Crippen LogP) is 1.32. The first-order valence-electron chi connectivity index (χ1n) is 8.91. The summed E-state index contributed by atoms with van der Waals surface area (Å²) in [6, 6.07) is 5.96. The van der Waals surface area contributed by atoms with Crippen molar-refractivity contribution in [3.63, 3.8) is 0 Å². The minimum Gasteiger partial charge on any atom is -0.508 e. The Kier molecular flexibility index (Phi) is 5.48. The number of nitrogens with zero attached hydrogens (tertiary/aromatic N) is 1. The summed E-state index contributed by atoms with van der Waals surface area (Å²) in [5, 5.41) is 12.9. The number of nitrogens with one attached hydrogen (secondary N) is 1. The van der Waals surface area contributed by atoms with Gasteiger partial charge in [0.05, 0.1) is 18.4 Å². The summed E-state index contributed by atoms with van der Waals surface area (Å²) in [7, 11) is 1.46. The zero-order chi connectivity index (χ0) is 19.8. The minimum atomic E-state index is -1.25. The van der Waals surface area contributed by atoms with E-state index in [1.165, 1.54) is 19.2 Å². The molecule has 2 fully saturated rings. The highest BCUT2D eigenvalue weighted by atomic mass is 32.2. The number of likely N-dealkylation sites (tertiary alicyclic amines) is 1. The lowest BCUT2D eigenvalue weighted by atomic mass is 9.78. The predicted molar refractivity (Wildman–Crippen MR) is 101 cm³/mol. The SMILES string of the molecule is CCOC(=O)[C@]1(CCSC)N[C@@H](c2ccc(O)cc2)[C@H]2C(=O)N(C)C(=O)[C@H]21. The number of imide groups is 1. The largest absolute Gasteiger partial charge is 0.508 e. The first-order valence-corrected chi connectivity index (χ1v) is 10.3. The molecule has 146 valence electrons. The van der Waals surface area contributed by atoms with Crippen LogP contribution in [0.1, 0.15) is 24.9 Å². The van der Waals surface area contributed by atoms with Gasteiger partial charge in [-0.3, -0.25) is 24.6 Å². The van der Waals surface area contributed by atoms with E-state index in [1.807, 2.05) is 6.26 Å². The molecule has 0 saturated carbocycles. The summed E-state index contributed by atoms with van der Waals surface area (Å²) in [4.78, 5) is 39.9. The molecule has 0 aromatic heterocycles. The number of benzene rings is 1. The van der Waals surface area contributed by atoms with E-state index in [4.69, 9.17) is 4.74 Å². The number of thioether (sulfide) groups is 1. The summed E-state index contributed by atoms with van der Waals surface area (Å²) >= 11 is 1.57. The molecule has 2 aliphatic heterocycles. The van der Waals surface area contributed by atoms with Crippen molar-refractivity contribution in [1.82, 2.24) is 10.2 Å². The number of rotatable bonds is 6. The van der Waals surface area contributed by atoms with Crippen molar-refractivity contribution in [1.29, 1.82) is 0 Å². The summed E-state index contributed by atoms with van der Waals surface area (Å²) in [6.07, 6.45) is 2.31. The molecule has 2 saturated heterocycles. The van der Waals surface area contributed by atoms with Gasteiger partial charge < -0.3 is 9.84 Å². The topological polar surface area (TPSA) is 95.9 Å². The molecule has 4 atom stereocenters. The van der Waals surface area contributed by atoms with Gasteiger partial charge in [0.15, 0.2) is 0 Å². The molecule has 0 aliphatic carbocycles. The maximum absolute atomic E-state index is 13.0. The zero-order valence-electron chi connectivity index (χ0n) is 15.6. The Balaban J connectivity index is 2.10. The van der Waals surface area contributed by atoms with Crippen molar-refractivity contribution in [2.24, 2.45) is 11.8 Å². The Hall–Kier alpha value is -2.06. The summed E-state index contributed by atoms with van der Waals surface area (Å²) in [5.41, 5.74) is -0.501. The molecular formula is C19H24N2O5S. The number of amides is 2. The third-order valence-corrected chi connectivity index (χ3v) is 6.08. The van der Waals surface area contributed by atoms with Crippen molar-refractivity contribution < 1.29 is 24.2 Å². The molecule has 1 aromatic rings. The third-order valence-electron chi connectivity index (χ3n) is 5.47. The molecule has 7 nitrogen and oxygen atoms in total. The number of hydrogen-bond donors (Lipinski definition) is 2. The number of fused-ring (bicyclic) bond motifs is 1. The first-order chi connectivity index (χ1) is 12.9. The van der Waals surface area contributed by atoms with E-state index in [1.54, 1.807) is 30.8 Å². The van der Waals surface area contributed by atoms with Crippen LogP contribution in [-0.2, 0) is 19.1 Å². The highest BCUT2D eigenvalue weighted by molar-refractivity contribution is 7.98. The van der Waals surface area contributed by atoms with Gasteiger partial charge >= 0.3 is 5.97 Å². The number of carbonyl (C=O) groups is 3. The van der Waals surface area contributed by atoms with E-state index in [0.29, 0.717) is 12.2 Å². The molecule has 2 heterocycles. The van der Waals surface area contributed by atoms with Crippen LogP contribution in [0.5, 0.6) is 5.75 Å². The molecule has 2 amide bonds. The van der Waals surface area contributed by atoms with Gasteiger partial charge in [-0.1, -0.05) is 12.1 Å². The Labute approximate surface area is 162 Å². The van der Waals surface area contributed by atoms with Crippen molar-refractivity contribution in [2.75, 3.05) is 25.7 Å². The second-order valence-electron chi connectivity index (χ2n) is 6.89. The normalized spacial score (nSPS) is 29.9. The minimum absolute atomic E-state index is 0.110. The number of aromatic hydroxyl groups is 1. The van der Waals surface area contributed by atoms with Crippen LogP contribution < -0.4 is 5.32 Å². The molecule has 2 N–H and O–H groups in total. The van der Waals surface area contributed by atoms with Gasteiger partial charge in [0, 0.05) is 13.1 Å². The number of phenolic OH excluding ortho intramolecular Hbond substituents is 1. The quantitative estimate of drug-likeness (QED) is 0.557. The molecule has 8 heteroatoms. The fourth-order valence-corrected chi connectivity index (χ4v) is 4.68. The maximum Gasteiger partial charge on any atom is 0.327 e. The van der Waals surface area contributed by atoms with Crippen LogP contribution in [0.4, 0.5) is 0 Å². The Morgan fingerprint density at radius 3 is 2.56 bits per heavy atom. The summed E-state index contributed by atoms with van der Waals surface area (Å²) < 4.78 is 5.32. The molecule has 1 aromatic carbocycles. The van der Waals surface area contributed by atoms with Crippen LogP contribution in [-0.4, -0.2) is 59.0 Å². The highest BCUT2D eigenvalue weighted by Crippen LogP contribution is 2.50. The first kappa shape index (κ1) is 19.7. The van der Waals surface area contributed by atoms with Crippen molar-refractivity contribution in [2.45, 2.75) is 24.9 Å². The lowest BCUT2D eigenvalue weighted by Crippen LogP contribution is -2.56. The van der Waals surface area contributed by atoms with Gasteiger partial charge in [-0.15, -0.1) is 0 Å². The van der Waals surface area contributed by atoms with Gasteiger partial charge in [0.2, 0.25) is 11.8 Å². The second kappa shape index (κ2) is 7.52. The number of ether oxygens (including phenoxy) is 1. The number of esters is 1. The molecular weight excluding hydrogens is 368 g/mol. The Bertz CT molecular complexity index is 753. The van der Waals surface area contributed by atoms with Gasteiger partial charge in [-0.25, -0.2) is 0 Å². The van der Waals surface area contributed by atoms with Crippen LogP contribution in [0, 0.1) is 11.8 Å². The lowest BCUT2D eigenvalue weighted by molar-refractivity contribution is -0.156. The van der Waals surface area contributed by atoms with Gasteiger partial charge in [-0.05, 0) is 43.0 Å². The molecule has 0 radical (unpaired) electrons. The van der Waals surface area contributed by atoms with Crippen LogP contribution in [0.3, 0.4) is 0 Å². The fourth-order valence-electron chi connectivity index (χ4n) is 4.16. The van der Waals surface area contributed by atoms with Crippen molar-refractivity contribution in [3.05, 3.63) is 29.8 Å². The Morgan fingerprint density at radius 2 is 1.96 bits per heavy atom. The van der Waals surface area contributed by atoms with Gasteiger partial charge in [-0.2, -0.15) is 11.8 Å². The maximum atomic E-state index is 13.0. The molecule has 0 bridgehead atoms. The smallest absolute Gasteiger partial charge is 0.327 e. The Morgan fingerprint density at radius 1 is 1.30 bits per heavy atom. The number of hydrogen-bond acceptors (Lipinski definition) is 7. The van der Waals surface area contributed by atoms with E-state index in [2.05, 4.69) is 5.32 Å². The molecule has 0 spiro atoms.